The fourth-order valence-corrected chi connectivity index (χ4v) is 4.36. The molecule has 0 spiro atoms. The van der Waals surface area contributed by atoms with E-state index in [0.29, 0.717) is 39.9 Å². The summed E-state index contributed by atoms with van der Waals surface area (Å²) in [5.41, 5.74) is 1.16. The molecule has 0 fully saturated rings. The molecule has 2 aromatic carbocycles. The molecule has 5 rings (SSSR count). The Morgan fingerprint density at radius 2 is 1.97 bits per heavy atom. The van der Waals surface area contributed by atoms with Gasteiger partial charge in [-0.1, -0.05) is 23.9 Å². The lowest BCUT2D eigenvalue weighted by atomic mass is 10.2. The Balaban J connectivity index is 1.44. The third-order valence-electron chi connectivity index (χ3n) is 5.29. The summed E-state index contributed by atoms with van der Waals surface area (Å²) >= 11 is 1.19. The number of furan rings is 1. The number of hydrogen-bond donors (Lipinski definition) is 1. The number of methoxy groups -OCH3 is 1. The minimum atomic E-state index is -0.224. The summed E-state index contributed by atoms with van der Waals surface area (Å²) in [5, 5.41) is 3.66. The summed E-state index contributed by atoms with van der Waals surface area (Å²) in [6, 6.07) is 14.3. The average Bonchev–Trinajstić information content (AvgIpc) is 3.54. The van der Waals surface area contributed by atoms with Crippen LogP contribution < -0.4 is 25.1 Å². The molecule has 3 heterocycles. The lowest BCUT2D eigenvalue weighted by Crippen LogP contribution is -2.27. The van der Waals surface area contributed by atoms with E-state index in [4.69, 9.17) is 23.6 Å². The van der Waals surface area contributed by atoms with Crippen LogP contribution in [-0.2, 0) is 17.9 Å². The van der Waals surface area contributed by atoms with Gasteiger partial charge in [0.1, 0.15) is 11.5 Å². The molecule has 0 unspecified atom stereocenters. The van der Waals surface area contributed by atoms with E-state index in [-0.39, 0.29) is 30.6 Å². The Morgan fingerprint density at radius 3 is 2.71 bits per heavy atom. The van der Waals surface area contributed by atoms with Crippen molar-refractivity contribution in [1.29, 1.82) is 0 Å². The number of nitrogens with one attached hydrogen (secondary N) is 1. The van der Waals surface area contributed by atoms with E-state index in [1.807, 2.05) is 24.3 Å². The quantitative estimate of drug-likeness (QED) is 0.304. The number of hydrogen-bond acceptors (Lipinski definition) is 8. The number of nitrogens with zero attached hydrogens (tertiary/aromatic N) is 2. The van der Waals surface area contributed by atoms with Crippen LogP contribution in [0.25, 0.3) is 10.9 Å². The first-order valence-electron chi connectivity index (χ1n) is 10.5. The largest absolute Gasteiger partial charge is 0.497 e. The van der Waals surface area contributed by atoms with Gasteiger partial charge in [-0.2, -0.15) is 0 Å². The fraction of sp³-hybridized carbons (Fsp3) is 0.208. The van der Waals surface area contributed by atoms with Crippen molar-refractivity contribution in [2.45, 2.75) is 18.2 Å². The predicted octanol–water partition coefficient (Wildman–Crippen LogP) is 3.18. The summed E-state index contributed by atoms with van der Waals surface area (Å²) in [6.45, 7) is 0.680. The topological polar surface area (TPSA) is 105 Å². The molecule has 1 amide bonds. The third-order valence-corrected chi connectivity index (χ3v) is 6.26. The molecule has 2 aromatic heterocycles. The van der Waals surface area contributed by atoms with Crippen molar-refractivity contribution < 1.29 is 23.4 Å². The maximum absolute atomic E-state index is 13.5. The molecule has 0 radical (unpaired) electrons. The minimum Gasteiger partial charge on any atom is -0.497 e. The molecule has 0 aliphatic carbocycles. The molecule has 34 heavy (non-hydrogen) atoms. The van der Waals surface area contributed by atoms with E-state index < -0.39 is 0 Å². The highest BCUT2D eigenvalue weighted by Crippen LogP contribution is 2.35. The van der Waals surface area contributed by atoms with Crippen LogP contribution >= 0.6 is 11.8 Å². The second-order valence-corrected chi connectivity index (χ2v) is 8.44. The van der Waals surface area contributed by atoms with Crippen molar-refractivity contribution in [3.05, 3.63) is 76.5 Å². The Kier molecular flexibility index (Phi) is 6.13. The molecule has 4 aromatic rings. The third kappa shape index (κ3) is 4.58. The van der Waals surface area contributed by atoms with Gasteiger partial charge in [0.15, 0.2) is 16.7 Å². The standard InChI is InChI=1S/C24H21N3O6S/c1-30-16-6-4-15(5-7-16)12-27-23(29)18-9-20-21(33-14-32-20)10-19(18)26-24(27)34-13-22(28)25-11-17-3-2-8-31-17/h2-10H,11-14H2,1H3,(H,25,28). The maximum atomic E-state index is 13.5. The van der Waals surface area contributed by atoms with Gasteiger partial charge in [-0.15, -0.1) is 0 Å². The number of fused-ring (bicyclic) bond motifs is 2. The van der Waals surface area contributed by atoms with Gasteiger partial charge in [-0.25, -0.2) is 4.98 Å². The summed E-state index contributed by atoms with van der Waals surface area (Å²) < 4.78 is 22.9. The second kappa shape index (κ2) is 9.52. The van der Waals surface area contributed by atoms with Gasteiger partial charge in [0.2, 0.25) is 12.7 Å². The number of amides is 1. The van der Waals surface area contributed by atoms with Crippen LogP contribution in [0.1, 0.15) is 11.3 Å². The molecule has 174 valence electrons. The van der Waals surface area contributed by atoms with Gasteiger partial charge in [-0.05, 0) is 35.9 Å². The Bertz CT molecular complexity index is 1380. The number of benzene rings is 2. The van der Waals surface area contributed by atoms with Crippen molar-refractivity contribution in [2.75, 3.05) is 19.7 Å². The molecule has 0 bridgehead atoms. The first-order valence-corrected chi connectivity index (χ1v) is 11.5. The highest BCUT2D eigenvalue weighted by molar-refractivity contribution is 7.99. The van der Waals surface area contributed by atoms with Crippen LogP contribution in [0.4, 0.5) is 0 Å². The van der Waals surface area contributed by atoms with E-state index in [1.165, 1.54) is 11.8 Å². The molecule has 0 atom stereocenters. The minimum absolute atomic E-state index is 0.0891. The lowest BCUT2D eigenvalue weighted by molar-refractivity contribution is -0.118. The van der Waals surface area contributed by atoms with Gasteiger partial charge >= 0.3 is 0 Å². The first-order chi connectivity index (χ1) is 16.6. The number of carbonyl (C=O) groups excluding carboxylic acids is 1. The van der Waals surface area contributed by atoms with Crippen molar-refractivity contribution >= 4 is 28.6 Å². The first kappa shape index (κ1) is 21.9. The van der Waals surface area contributed by atoms with E-state index in [2.05, 4.69) is 5.32 Å². The molecule has 0 saturated carbocycles. The zero-order valence-electron chi connectivity index (χ0n) is 18.3. The molecule has 10 heteroatoms. The van der Waals surface area contributed by atoms with Crippen LogP contribution in [0.2, 0.25) is 0 Å². The maximum Gasteiger partial charge on any atom is 0.262 e. The van der Waals surface area contributed by atoms with Gasteiger partial charge < -0.3 is 23.9 Å². The summed E-state index contributed by atoms with van der Waals surface area (Å²) in [7, 11) is 1.60. The summed E-state index contributed by atoms with van der Waals surface area (Å²) in [6.07, 6.45) is 1.55. The monoisotopic (exact) mass is 479 g/mol. The van der Waals surface area contributed by atoms with Crippen molar-refractivity contribution in [2.24, 2.45) is 0 Å². The number of aromatic nitrogens is 2. The van der Waals surface area contributed by atoms with Gasteiger partial charge in [0, 0.05) is 6.07 Å². The van der Waals surface area contributed by atoms with Crippen LogP contribution in [0, 0.1) is 0 Å². The smallest absolute Gasteiger partial charge is 0.262 e. The second-order valence-electron chi connectivity index (χ2n) is 7.50. The van der Waals surface area contributed by atoms with Crippen LogP contribution in [0.15, 0.2) is 69.2 Å². The van der Waals surface area contributed by atoms with Crippen molar-refractivity contribution in [3.63, 3.8) is 0 Å². The molecule has 1 aliphatic heterocycles. The van der Waals surface area contributed by atoms with Crippen LogP contribution in [0.3, 0.4) is 0 Å². The molecule has 9 nitrogen and oxygen atoms in total. The van der Waals surface area contributed by atoms with Crippen molar-refractivity contribution in [3.8, 4) is 17.2 Å². The summed E-state index contributed by atoms with van der Waals surface area (Å²) in [5.74, 6) is 2.33. The van der Waals surface area contributed by atoms with Crippen molar-refractivity contribution in [1.82, 2.24) is 14.9 Å². The number of ether oxygens (including phenoxy) is 3. The molecule has 1 N–H and O–H groups in total. The number of rotatable bonds is 8. The van der Waals surface area contributed by atoms with E-state index in [1.54, 1.807) is 42.2 Å². The normalized spacial score (nSPS) is 12.1. The van der Waals surface area contributed by atoms with Crippen LogP contribution in [0.5, 0.6) is 17.2 Å². The molecule has 1 aliphatic rings. The zero-order chi connectivity index (χ0) is 23.5. The molecular formula is C24H21N3O6S. The fourth-order valence-electron chi connectivity index (χ4n) is 3.53. The van der Waals surface area contributed by atoms with Crippen LogP contribution in [-0.4, -0.2) is 35.1 Å². The highest BCUT2D eigenvalue weighted by atomic mass is 32.2. The average molecular weight is 480 g/mol. The molecule has 0 saturated heterocycles. The van der Waals surface area contributed by atoms with Gasteiger partial charge in [0.05, 0.1) is 43.1 Å². The lowest BCUT2D eigenvalue weighted by Gasteiger charge is -2.14. The molecular weight excluding hydrogens is 458 g/mol. The van der Waals surface area contributed by atoms with Gasteiger partial charge in [-0.3, -0.25) is 14.2 Å². The van der Waals surface area contributed by atoms with E-state index in [0.717, 1.165) is 11.3 Å². The summed E-state index contributed by atoms with van der Waals surface area (Å²) in [4.78, 5) is 30.6. The Morgan fingerprint density at radius 1 is 1.18 bits per heavy atom. The van der Waals surface area contributed by atoms with E-state index >= 15 is 0 Å². The zero-order valence-corrected chi connectivity index (χ0v) is 19.1. The van der Waals surface area contributed by atoms with Gasteiger partial charge in [0.25, 0.3) is 5.56 Å². The highest BCUT2D eigenvalue weighted by Gasteiger charge is 2.20. The number of carbonyl (C=O) groups is 1. The Hall–Kier alpha value is -3.92. The van der Waals surface area contributed by atoms with E-state index in [9.17, 15) is 9.59 Å². The Labute approximate surface area is 198 Å². The predicted molar refractivity (Wildman–Crippen MR) is 126 cm³/mol. The SMILES string of the molecule is COc1ccc(Cn2c(SCC(=O)NCc3ccco3)nc3cc4c(cc3c2=O)OCO4)cc1. The number of thioether (sulfide) groups is 1.